The van der Waals surface area contributed by atoms with Crippen LogP contribution in [-0.2, 0) is 19.1 Å². The summed E-state index contributed by atoms with van der Waals surface area (Å²) in [6.45, 7) is 18.0. The number of ether oxygens (including phenoxy) is 2. The lowest BCUT2D eigenvalue weighted by Crippen LogP contribution is -2.29. The van der Waals surface area contributed by atoms with Crippen LogP contribution in [0.1, 0.15) is 93.5 Å². The van der Waals surface area contributed by atoms with E-state index in [1.807, 2.05) is 0 Å². The lowest BCUT2D eigenvalue weighted by Gasteiger charge is -2.25. The Morgan fingerprint density at radius 2 is 1.38 bits per heavy atom. The van der Waals surface area contributed by atoms with Gasteiger partial charge in [-0.15, -0.1) is 0 Å². The number of aromatic nitrogens is 2. The van der Waals surface area contributed by atoms with Crippen LogP contribution >= 0.6 is 0 Å². The zero-order chi connectivity index (χ0) is 29.8. The summed E-state index contributed by atoms with van der Waals surface area (Å²) in [5.74, 6) is 1.87. The molecular weight excluding hydrogens is 504 g/mol. The van der Waals surface area contributed by atoms with Crippen molar-refractivity contribution in [1.29, 1.82) is 0 Å². The predicted molar refractivity (Wildman–Crippen MR) is 160 cm³/mol. The van der Waals surface area contributed by atoms with Crippen molar-refractivity contribution in [2.24, 2.45) is 35.5 Å². The Morgan fingerprint density at radius 3 is 1.90 bits per heavy atom. The topological polar surface area (TPSA) is 90.7 Å². The van der Waals surface area contributed by atoms with E-state index in [1.165, 1.54) is 0 Å². The van der Waals surface area contributed by atoms with E-state index in [9.17, 15) is 14.7 Å². The summed E-state index contributed by atoms with van der Waals surface area (Å²) in [4.78, 5) is 31.1. The second kappa shape index (κ2) is 16.4. The third-order valence-electron chi connectivity index (χ3n) is 7.79. The Hall–Kier alpha value is -2.83. The molecule has 3 unspecified atom stereocenters. The molecule has 0 saturated carbocycles. The first kappa shape index (κ1) is 33.4. The zero-order valence-electron chi connectivity index (χ0n) is 25.9. The smallest absolute Gasteiger partial charge is 0.329 e. The van der Waals surface area contributed by atoms with Crippen molar-refractivity contribution in [3.05, 3.63) is 36.7 Å². The molecular formula is C33H52N2O5. The highest BCUT2D eigenvalue weighted by molar-refractivity contribution is 5.82. The van der Waals surface area contributed by atoms with Gasteiger partial charge in [-0.2, -0.15) is 0 Å². The van der Waals surface area contributed by atoms with E-state index in [1.54, 1.807) is 41.2 Å². The van der Waals surface area contributed by atoms with Gasteiger partial charge in [0.1, 0.15) is 17.6 Å². The number of hydrogen-bond acceptors (Lipinski definition) is 6. The molecule has 1 aromatic carbocycles. The highest BCUT2D eigenvalue weighted by atomic mass is 16.5. The Labute approximate surface area is 241 Å². The first-order chi connectivity index (χ1) is 18.9. The molecule has 224 valence electrons. The van der Waals surface area contributed by atoms with Crippen LogP contribution in [0.15, 0.2) is 36.7 Å². The molecule has 0 aliphatic rings. The number of para-hydroxylation sites is 1. The summed E-state index contributed by atoms with van der Waals surface area (Å²) in [7, 11) is 0. The Bertz CT molecular complexity index is 1040. The second-order valence-electron chi connectivity index (χ2n) is 12.7. The van der Waals surface area contributed by atoms with E-state index < -0.39 is 18.0 Å². The zero-order valence-corrected chi connectivity index (χ0v) is 25.9. The van der Waals surface area contributed by atoms with Crippen molar-refractivity contribution in [3.8, 4) is 17.1 Å². The SMILES string of the molecule is CC(C)CCC(COC(=O)CC(C(=O)OCC(CCC(C)C)C(C)C)n1ccnc1-c1ccccc1O)C(C)C. The number of phenols is 1. The van der Waals surface area contributed by atoms with E-state index >= 15 is 0 Å². The van der Waals surface area contributed by atoms with Gasteiger partial charge in [0.25, 0.3) is 0 Å². The summed E-state index contributed by atoms with van der Waals surface area (Å²) in [6, 6.07) is 5.86. The molecule has 1 heterocycles. The highest BCUT2D eigenvalue weighted by Crippen LogP contribution is 2.31. The van der Waals surface area contributed by atoms with Crippen LogP contribution in [0.2, 0.25) is 0 Å². The monoisotopic (exact) mass is 556 g/mol. The number of imidazole rings is 1. The summed E-state index contributed by atoms with van der Waals surface area (Å²) in [5, 5.41) is 10.5. The maximum Gasteiger partial charge on any atom is 0.329 e. The second-order valence-corrected chi connectivity index (χ2v) is 12.7. The van der Waals surface area contributed by atoms with Gasteiger partial charge in [0.05, 0.1) is 25.2 Å². The van der Waals surface area contributed by atoms with Crippen molar-refractivity contribution in [1.82, 2.24) is 9.55 Å². The molecule has 0 saturated heterocycles. The van der Waals surface area contributed by atoms with Gasteiger partial charge in [-0.1, -0.05) is 80.4 Å². The molecule has 0 bridgehead atoms. The number of aromatic hydroxyl groups is 1. The number of hydrogen-bond donors (Lipinski definition) is 1. The van der Waals surface area contributed by atoms with Gasteiger partial charge >= 0.3 is 11.9 Å². The molecule has 1 aromatic heterocycles. The van der Waals surface area contributed by atoms with Crippen molar-refractivity contribution in [2.75, 3.05) is 13.2 Å². The number of carbonyl (C=O) groups is 2. The number of phenolic OH excluding ortho intramolecular Hbond substituents is 1. The predicted octanol–water partition coefficient (Wildman–Crippen LogP) is 7.69. The number of rotatable bonds is 17. The molecule has 0 spiro atoms. The summed E-state index contributed by atoms with van der Waals surface area (Å²) in [5.41, 5.74) is 0.476. The fourth-order valence-corrected chi connectivity index (χ4v) is 4.75. The fraction of sp³-hybridized carbons (Fsp3) is 0.667. The highest BCUT2D eigenvalue weighted by Gasteiger charge is 2.30. The summed E-state index contributed by atoms with van der Waals surface area (Å²) < 4.78 is 13.2. The van der Waals surface area contributed by atoms with Crippen LogP contribution in [0, 0.1) is 35.5 Å². The molecule has 3 atom stereocenters. The van der Waals surface area contributed by atoms with Gasteiger partial charge in [-0.25, -0.2) is 9.78 Å². The third-order valence-corrected chi connectivity index (χ3v) is 7.79. The van der Waals surface area contributed by atoms with Crippen molar-refractivity contribution >= 4 is 11.9 Å². The molecule has 0 aliphatic carbocycles. The molecule has 0 fully saturated rings. The van der Waals surface area contributed by atoms with Crippen LogP contribution in [-0.4, -0.2) is 39.8 Å². The summed E-state index contributed by atoms with van der Waals surface area (Å²) in [6.07, 6.45) is 7.12. The van der Waals surface area contributed by atoms with Crippen LogP contribution in [0.5, 0.6) is 5.75 Å². The van der Waals surface area contributed by atoms with Crippen LogP contribution in [0.3, 0.4) is 0 Å². The van der Waals surface area contributed by atoms with E-state index in [0.29, 0.717) is 48.3 Å². The van der Waals surface area contributed by atoms with E-state index in [4.69, 9.17) is 9.47 Å². The number of carbonyl (C=O) groups excluding carboxylic acids is 2. The van der Waals surface area contributed by atoms with Crippen LogP contribution in [0.25, 0.3) is 11.4 Å². The minimum Gasteiger partial charge on any atom is -0.507 e. The molecule has 0 aliphatic heterocycles. The van der Waals surface area contributed by atoms with Crippen LogP contribution < -0.4 is 0 Å². The van der Waals surface area contributed by atoms with Crippen molar-refractivity contribution in [2.45, 2.75) is 93.5 Å². The van der Waals surface area contributed by atoms with E-state index in [2.05, 4.69) is 60.4 Å². The van der Waals surface area contributed by atoms with Gasteiger partial charge in [-0.05, 0) is 60.5 Å². The van der Waals surface area contributed by atoms with E-state index in [-0.39, 0.29) is 24.0 Å². The molecule has 2 aromatic rings. The molecule has 0 radical (unpaired) electrons. The maximum absolute atomic E-state index is 13.6. The number of benzene rings is 1. The Kier molecular flexibility index (Phi) is 13.7. The molecule has 1 N–H and O–H groups in total. The van der Waals surface area contributed by atoms with Gasteiger partial charge in [0.15, 0.2) is 0 Å². The van der Waals surface area contributed by atoms with Gasteiger partial charge in [0, 0.05) is 12.4 Å². The number of esters is 2. The maximum atomic E-state index is 13.6. The Balaban J connectivity index is 2.25. The average Bonchev–Trinajstić information content (AvgIpc) is 3.35. The Morgan fingerprint density at radius 1 is 0.825 bits per heavy atom. The summed E-state index contributed by atoms with van der Waals surface area (Å²) >= 11 is 0. The molecule has 7 heteroatoms. The van der Waals surface area contributed by atoms with Gasteiger partial charge in [0.2, 0.25) is 0 Å². The largest absolute Gasteiger partial charge is 0.507 e. The molecule has 0 amide bonds. The van der Waals surface area contributed by atoms with E-state index in [0.717, 1.165) is 25.7 Å². The van der Waals surface area contributed by atoms with Gasteiger partial charge < -0.3 is 19.1 Å². The lowest BCUT2D eigenvalue weighted by atomic mass is 9.89. The third kappa shape index (κ3) is 10.6. The molecule has 40 heavy (non-hydrogen) atoms. The average molecular weight is 557 g/mol. The standard InChI is InChI=1S/C33H52N2O5/c1-22(2)13-15-26(24(5)6)20-39-31(37)19-29(33(38)40-21-27(25(7)8)16-14-23(3)4)35-18-17-34-32(35)28-11-9-10-12-30(28)36/h9-12,17-18,22-27,29,36H,13-16,19-21H2,1-8H3. The van der Waals surface area contributed by atoms with Crippen LogP contribution in [0.4, 0.5) is 0 Å². The van der Waals surface area contributed by atoms with Crippen molar-refractivity contribution in [3.63, 3.8) is 0 Å². The number of nitrogens with zero attached hydrogens (tertiary/aromatic N) is 2. The first-order valence-electron chi connectivity index (χ1n) is 15.0. The fourth-order valence-electron chi connectivity index (χ4n) is 4.75. The molecule has 2 rings (SSSR count). The minimum absolute atomic E-state index is 0.0446. The minimum atomic E-state index is -0.962. The quantitative estimate of drug-likeness (QED) is 0.201. The normalized spacial score (nSPS) is 14.1. The first-order valence-corrected chi connectivity index (χ1v) is 15.0. The van der Waals surface area contributed by atoms with Gasteiger partial charge in [-0.3, -0.25) is 4.79 Å². The lowest BCUT2D eigenvalue weighted by molar-refractivity contribution is -0.156. The molecule has 7 nitrogen and oxygen atoms in total. The van der Waals surface area contributed by atoms with Crippen molar-refractivity contribution < 1.29 is 24.2 Å².